The molecule has 0 bridgehead atoms. The Bertz CT molecular complexity index is 749. The van der Waals surface area contributed by atoms with Crippen LogP contribution in [0.4, 0.5) is 0 Å². The van der Waals surface area contributed by atoms with Crippen molar-refractivity contribution in [3.8, 4) is 0 Å². The molecule has 2 aromatic carbocycles. The van der Waals surface area contributed by atoms with Gasteiger partial charge in [0, 0.05) is 0 Å². The molecule has 2 rings (SSSR count). The highest BCUT2D eigenvalue weighted by molar-refractivity contribution is 7.91. The fraction of sp³-hybridized carbons (Fsp3) is 0.188. The smallest absolute Gasteiger partial charge is 0.335 e. The molecule has 0 unspecified atom stereocenters. The van der Waals surface area contributed by atoms with Crippen LogP contribution in [0.5, 0.6) is 0 Å². The number of carboxylic acids is 1. The SMILES string of the molecule is Cc1ccc(S(=O)(=O)CCc2ccccc2)cc1C(=O)O. The molecule has 110 valence electrons. The minimum atomic E-state index is -3.49. The molecule has 0 fully saturated rings. The largest absolute Gasteiger partial charge is 0.478 e. The van der Waals surface area contributed by atoms with E-state index in [1.807, 2.05) is 30.3 Å². The maximum atomic E-state index is 12.3. The Morgan fingerprint density at radius 3 is 2.38 bits per heavy atom. The average Bonchev–Trinajstić information content (AvgIpc) is 2.46. The maximum Gasteiger partial charge on any atom is 0.335 e. The van der Waals surface area contributed by atoms with E-state index in [-0.39, 0.29) is 16.2 Å². The summed E-state index contributed by atoms with van der Waals surface area (Å²) in [6.07, 6.45) is 0.402. The van der Waals surface area contributed by atoms with Crippen molar-refractivity contribution >= 4 is 15.8 Å². The summed E-state index contributed by atoms with van der Waals surface area (Å²) in [6, 6.07) is 13.5. The quantitative estimate of drug-likeness (QED) is 0.922. The molecule has 2 aromatic rings. The van der Waals surface area contributed by atoms with Gasteiger partial charge in [-0.3, -0.25) is 0 Å². The van der Waals surface area contributed by atoms with Gasteiger partial charge in [-0.05, 0) is 36.6 Å². The third kappa shape index (κ3) is 3.70. The molecular formula is C16H16O4S. The number of aryl methyl sites for hydroxylation is 2. The van der Waals surface area contributed by atoms with Crippen molar-refractivity contribution in [2.24, 2.45) is 0 Å². The van der Waals surface area contributed by atoms with E-state index >= 15 is 0 Å². The molecule has 5 heteroatoms. The second-order valence-corrected chi connectivity index (χ2v) is 6.95. The summed E-state index contributed by atoms with van der Waals surface area (Å²) >= 11 is 0. The van der Waals surface area contributed by atoms with Crippen molar-refractivity contribution in [2.45, 2.75) is 18.2 Å². The Hall–Kier alpha value is -2.14. The number of carbonyl (C=O) groups is 1. The first kappa shape index (κ1) is 15.3. The molecule has 0 aromatic heterocycles. The number of hydrogen-bond donors (Lipinski definition) is 1. The number of sulfone groups is 1. The van der Waals surface area contributed by atoms with E-state index in [1.165, 1.54) is 18.2 Å². The molecule has 0 saturated heterocycles. The van der Waals surface area contributed by atoms with E-state index in [2.05, 4.69) is 0 Å². The molecular weight excluding hydrogens is 288 g/mol. The van der Waals surface area contributed by atoms with Crippen LogP contribution in [0.15, 0.2) is 53.4 Å². The van der Waals surface area contributed by atoms with Gasteiger partial charge in [-0.2, -0.15) is 0 Å². The van der Waals surface area contributed by atoms with Crippen molar-refractivity contribution in [1.82, 2.24) is 0 Å². The van der Waals surface area contributed by atoms with Gasteiger partial charge in [-0.25, -0.2) is 13.2 Å². The lowest BCUT2D eigenvalue weighted by Gasteiger charge is -2.07. The van der Waals surface area contributed by atoms with E-state index in [0.717, 1.165) is 5.56 Å². The maximum absolute atomic E-state index is 12.3. The first-order valence-electron chi connectivity index (χ1n) is 6.51. The fourth-order valence-electron chi connectivity index (χ4n) is 2.04. The van der Waals surface area contributed by atoms with Crippen molar-refractivity contribution in [3.63, 3.8) is 0 Å². The van der Waals surface area contributed by atoms with Crippen LogP contribution in [0.25, 0.3) is 0 Å². The minimum absolute atomic E-state index is 0.0239. The van der Waals surface area contributed by atoms with Crippen LogP contribution >= 0.6 is 0 Å². The van der Waals surface area contributed by atoms with E-state index in [9.17, 15) is 13.2 Å². The Labute approximate surface area is 124 Å². The zero-order valence-corrected chi connectivity index (χ0v) is 12.4. The Morgan fingerprint density at radius 2 is 1.76 bits per heavy atom. The van der Waals surface area contributed by atoms with E-state index in [4.69, 9.17) is 5.11 Å². The van der Waals surface area contributed by atoms with Gasteiger partial charge in [0.05, 0.1) is 16.2 Å². The molecule has 0 aliphatic rings. The lowest BCUT2D eigenvalue weighted by molar-refractivity contribution is 0.0696. The van der Waals surface area contributed by atoms with Crippen LogP contribution in [0.2, 0.25) is 0 Å². The Kier molecular flexibility index (Phi) is 4.43. The normalized spacial score (nSPS) is 11.3. The molecule has 0 atom stereocenters. The summed E-state index contributed by atoms with van der Waals surface area (Å²) in [7, 11) is -3.49. The van der Waals surface area contributed by atoms with Crippen LogP contribution < -0.4 is 0 Å². The summed E-state index contributed by atoms with van der Waals surface area (Å²) < 4.78 is 24.6. The van der Waals surface area contributed by atoms with Crippen LogP contribution in [0, 0.1) is 6.92 Å². The Balaban J connectivity index is 2.24. The molecule has 21 heavy (non-hydrogen) atoms. The number of benzene rings is 2. The monoisotopic (exact) mass is 304 g/mol. The van der Waals surface area contributed by atoms with E-state index in [1.54, 1.807) is 6.92 Å². The van der Waals surface area contributed by atoms with Crippen LogP contribution in [-0.2, 0) is 16.3 Å². The fourth-order valence-corrected chi connectivity index (χ4v) is 3.35. The first-order valence-corrected chi connectivity index (χ1v) is 8.16. The van der Waals surface area contributed by atoms with Gasteiger partial charge in [0.15, 0.2) is 9.84 Å². The van der Waals surface area contributed by atoms with Crippen molar-refractivity contribution in [3.05, 3.63) is 65.2 Å². The first-order chi connectivity index (χ1) is 9.90. The highest BCUT2D eigenvalue weighted by Gasteiger charge is 2.17. The minimum Gasteiger partial charge on any atom is -0.478 e. The second-order valence-electron chi connectivity index (χ2n) is 4.84. The lowest BCUT2D eigenvalue weighted by atomic mass is 10.1. The zero-order valence-electron chi connectivity index (χ0n) is 11.6. The second kappa shape index (κ2) is 6.10. The third-order valence-electron chi connectivity index (χ3n) is 3.30. The van der Waals surface area contributed by atoms with Crippen molar-refractivity contribution in [1.29, 1.82) is 0 Å². The van der Waals surface area contributed by atoms with Gasteiger partial charge in [0.1, 0.15) is 0 Å². The predicted molar refractivity (Wildman–Crippen MR) is 80.3 cm³/mol. The number of carboxylic acid groups (broad SMARTS) is 1. The summed E-state index contributed by atoms with van der Waals surface area (Å²) in [5.74, 6) is -1.16. The zero-order chi connectivity index (χ0) is 15.5. The van der Waals surface area contributed by atoms with E-state index < -0.39 is 15.8 Å². The van der Waals surface area contributed by atoms with Crippen LogP contribution in [-0.4, -0.2) is 25.2 Å². The molecule has 0 aliphatic carbocycles. The van der Waals surface area contributed by atoms with Crippen molar-refractivity contribution < 1.29 is 18.3 Å². The molecule has 0 spiro atoms. The molecule has 0 heterocycles. The third-order valence-corrected chi connectivity index (χ3v) is 5.01. The lowest BCUT2D eigenvalue weighted by Crippen LogP contribution is -2.11. The Morgan fingerprint density at radius 1 is 1.10 bits per heavy atom. The average molecular weight is 304 g/mol. The summed E-state index contributed by atoms with van der Waals surface area (Å²) in [4.78, 5) is 11.1. The van der Waals surface area contributed by atoms with Gasteiger partial charge in [0.2, 0.25) is 0 Å². The van der Waals surface area contributed by atoms with Crippen LogP contribution in [0.3, 0.4) is 0 Å². The highest BCUT2D eigenvalue weighted by atomic mass is 32.2. The van der Waals surface area contributed by atoms with Gasteiger partial charge in [-0.15, -0.1) is 0 Å². The number of aromatic carboxylic acids is 1. The number of rotatable bonds is 5. The standard InChI is InChI=1S/C16H16O4S/c1-12-7-8-14(11-15(12)16(17)18)21(19,20)10-9-13-5-3-2-4-6-13/h2-8,11H,9-10H2,1H3,(H,17,18). The summed E-state index contributed by atoms with van der Waals surface area (Å²) in [5.41, 5.74) is 1.51. The highest BCUT2D eigenvalue weighted by Crippen LogP contribution is 2.18. The molecule has 0 amide bonds. The molecule has 0 aliphatic heterocycles. The molecule has 0 saturated carbocycles. The van der Waals surface area contributed by atoms with Crippen molar-refractivity contribution in [2.75, 3.05) is 5.75 Å². The molecule has 0 radical (unpaired) electrons. The summed E-state index contributed by atoms with van der Waals surface area (Å²) in [5, 5.41) is 9.07. The molecule has 4 nitrogen and oxygen atoms in total. The van der Waals surface area contributed by atoms with Crippen LogP contribution in [0.1, 0.15) is 21.5 Å². The predicted octanol–water partition coefficient (Wildman–Crippen LogP) is 2.71. The number of hydrogen-bond acceptors (Lipinski definition) is 3. The van der Waals surface area contributed by atoms with E-state index in [0.29, 0.717) is 12.0 Å². The molecule has 1 N–H and O–H groups in total. The van der Waals surface area contributed by atoms with Gasteiger partial charge < -0.3 is 5.11 Å². The van der Waals surface area contributed by atoms with Gasteiger partial charge in [-0.1, -0.05) is 36.4 Å². The topological polar surface area (TPSA) is 71.4 Å². The summed E-state index contributed by atoms with van der Waals surface area (Å²) in [6.45, 7) is 1.64. The van der Waals surface area contributed by atoms with Gasteiger partial charge >= 0.3 is 5.97 Å². The van der Waals surface area contributed by atoms with Gasteiger partial charge in [0.25, 0.3) is 0 Å².